The Labute approximate surface area is 88.4 Å². The van der Waals surface area contributed by atoms with Crippen LogP contribution in [0.2, 0.25) is 0 Å². The second kappa shape index (κ2) is 3.24. The van der Waals surface area contributed by atoms with Crippen molar-refractivity contribution in [3.05, 3.63) is 34.2 Å². The first-order chi connectivity index (χ1) is 7.40. The average Bonchev–Trinajstić information content (AvgIpc) is 2.83. The van der Waals surface area contributed by atoms with E-state index in [0.29, 0.717) is 13.2 Å². The average molecular weight is 199 g/mol. The topological polar surface area (TPSA) is 35.2 Å². The molecule has 0 saturated carbocycles. The Morgan fingerprint density at radius 2 is 2.20 bits per heavy atom. The van der Waals surface area contributed by atoms with Crippen LogP contribution in [0.15, 0.2) is 18.2 Å². The number of allylic oxidation sites excluding steroid dienone is 1. The summed E-state index contributed by atoms with van der Waals surface area (Å²) in [6.07, 6.45) is 7.42. The summed E-state index contributed by atoms with van der Waals surface area (Å²) in [5, 5.41) is 2.58. The fraction of sp³-hybridized carbons (Fsp3) is 0.231. The van der Waals surface area contributed by atoms with E-state index in [0.717, 1.165) is 12.2 Å². The molecule has 1 aliphatic carbocycles. The summed E-state index contributed by atoms with van der Waals surface area (Å²) in [6, 6.07) is 4.17. The Balaban J connectivity index is 2.36. The summed E-state index contributed by atoms with van der Waals surface area (Å²) in [5.41, 5.74) is 8.24. The van der Waals surface area contributed by atoms with E-state index in [9.17, 15) is 0 Å². The van der Waals surface area contributed by atoms with Crippen molar-refractivity contribution >= 4 is 17.7 Å². The maximum atomic E-state index is 5.61. The molecule has 2 heteroatoms. The van der Waals surface area contributed by atoms with Crippen molar-refractivity contribution in [3.8, 4) is 5.75 Å². The molecular formula is C13H13NO. The number of rotatable bonds is 2. The summed E-state index contributed by atoms with van der Waals surface area (Å²) in [6.45, 7) is 1.39. The second-order valence-electron chi connectivity index (χ2n) is 3.85. The van der Waals surface area contributed by atoms with Gasteiger partial charge in [-0.3, -0.25) is 0 Å². The fourth-order valence-electron chi connectivity index (χ4n) is 2.30. The molecule has 1 heterocycles. The zero-order chi connectivity index (χ0) is 10.3. The number of hydrogen-bond acceptors (Lipinski definition) is 2. The molecule has 1 aromatic rings. The van der Waals surface area contributed by atoms with Crippen molar-refractivity contribution in [2.24, 2.45) is 5.73 Å². The smallest absolute Gasteiger partial charge is 0.127 e. The Hall–Kier alpha value is -1.54. The van der Waals surface area contributed by atoms with E-state index in [-0.39, 0.29) is 0 Å². The number of hydrogen-bond donors (Lipinski definition) is 1. The third-order valence-corrected chi connectivity index (χ3v) is 2.96. The van der Waals surface area contributed by atoms with Crippen molar-refractivity contribution < 1.29 is 4.74 Å². The molecule has 0 unspecified atom stereocenters. The molecule has 2 nitrogen and oxygen atoms in total. The number of nitrogens with two attached hydrogens (primary N) is 1. The molecule has 0 aromatic heterocycles. The molecule has 0 saturated heterocycles. The molecule has 0 amide bonds. The summed E-state index contributed by atoms with van der Waals surface area (Å²) < 4.78 is 5.52. The van der Waals surface area contributed by atoms with Crippen LogP contribution in [0.25, 0.3) is 17.7 Å². The highest BCUT2D eigenvalue weighted by Crippen LogP contribution is 2.15. The Morgan fingerprint density at radius 3 is 3.07 bits per heavy atom. The van der Waals surface area contributed by atoms with Crippen LogP contribution in [0.3, 0.4) is 0 Å². The molecule has 3 rings (SSSR count). The predicted molar refractivity (Wildman–Crippen MR) is 61.8 cm³/mol. The van der Waals surface area contributed by atoms with Gasteiger partial charge >= 0.3 is 0 Å². The van der Waals surface area contributed by atoms with Gasteiger partial charge in [-0.25, -0.2) is 0 Å². The van der Waals surface area contributed by atoms with Crippen molar-refractivity contribution in [3.63, 3.8) is 0 Å². The molecule has 1 aliphatic heterocycles. The molecule has 76 valence electrons. The lowest BCUT2D eigenvalue weighted by Gasteiger charge is -2.00. The van der Waals surface area contributed by atoms with Gasteiger partial charge < -0.3 is 10.5 Å². The van der Waals surface area contributed by atoms with E-state index in [1.165, 1.54) is 21.6 Å². The minimum Gasteiger partial charge on any atom is -0.489 e. The molecule has 0 radical (unpaired) electrons. The largest absolute Gasteiger partial charge is 0.489 e. The standard InChI is InChI=1S/C13H13NO/c14-7-5-10-2-1-9-3-4-12-11(13(9)10)6-8-15-12/h1-4,6H,5,7-8,14H2. The van der Waals surface area contributed by atoms with Gasteiger partial charge in [0.15, 0.2) is 0 Å². The maximum absolute atomic E-state index is 5.61. The van der Waals surface area contributed by atoms with Gasteiger partial charge in [-0.2, -0.15) is 0 Å². The third-order valence-electron chi connectivity index (χ3n) is 2.96. The molecule has 0 spiro atoms. The van der Waals surface area contributed by atoms with E-state index in [1.807, 2.05) is 6.07 Å². The fourth-order valence-corrected chi connectivity index (χ4v) is 2.30. The van der Waals surface area contributed by atoms with Crippen LogP contribution >= 0.6 is 0 Å². The normalized spacial score (nSPS) is 15.9. The number of ether oxygens (including phenoxy) is 1. The Bertz CT molecular complexity index is 555. The quantitative estimate of drug-likeness (QED) is 0.747. The highest BCUT2D eigenvalue weighted by molar-refractivity contribution is 5.76. The predicted octanol–water partition coefficient (Wildman–Crippen LogP) is 0.386. The van der Waals surface area contributed by atoms with Gasteiger partial charge in [-0.05, 0) is 41.5 Å². The van der Waals surface area contributed by atoms with E-state index >= 15 is 0 Å². The number of fused-ring (bicyclic) bond motifs is 3. The molecule has 0 atom stereocenters. The minimum atomic E-state index is 0.696. The van der Waals surface area contributed by atoms with Crippen molar-refractivity contribution in [2.75, 3.05) is 13.2 Å². The first-order valence-electron chi connectivity index (χ1n) is 5.27. The van der Waals surface area contributed by atoms with Crippen molar-refractivity contribution in [1.29, 1.82) is 0 Å². The van der Waals surface area contributed by atoms with Gasteiger partial charge in [0.25, 0.3) is 0 Å². The lowest BCUT2D eigenvalue weighted by molar-refractivity contribution is 0.385. The van der Waals surface area contributed by atoms with Crippen LogP contribution in [-0.4, -0.2) is 13.2 Å². The van der Waals surface area contributed by atoms with E-state index in [1.54, 1.807) is 0 Å². The highest BCUT2D eigenvalue weighted by Gasteiger charge is 2.12. The molecule has 2 N–H and O–H groups in total. The van der Waals surface area contributed by atoms with Crippen LogP contribution < -0.4 is 20.9 Å². The number of benzene rings is 1. The van der Waals surface area contributed by atoms with Crippen LogP contribution in [-0.2, 0) is 0 Å². The monoisotopic (exact) mass is 199 g/mol. The molecular weight excluding hydrogens is 186 g/mol. The lowest BCUT2D eigenvalue weighted by atomic mass is 10.1. The van der Waals surface area contributed by atoms with Crippen molar-refractivity contribution in [1.82, 2.24) is 0 Å². The molecule has 1 aromatic carbocycles. The summed E-state index contributed by atoms with van der Waals surface area (Å²) in [5.74, 6) is 1.01. The zero-order valence-electron chi connectivity index (χ0n) is 8.49. The first-order valence-corrected chi connectivity index (χ1v) is 5.27. The molecule has 0 bridgehead atoms. The van der Waals surface area contributed by atoms with Gasteiger partial charge in [0.2, 0.25) is 0 Å². The second-order valence-corrected chi connectivity index (χ2v) is 3.85. The molecule has 15 heavy (non-hydrogen) atoms. The van der Waals surface area contributed by atoms with Crippen LogP contribution in [0.1, 0.15) is 12.0 Å². The van der Waals surface area contributed by atoms with E-state index in [2.05, 4.69) is 24.3 Å². The maximum Gasteiger partial charge on any atom is 0.127 e. The Kier molecular flexibility index (Phi) is 1.89. The van der Waals surface area contributed by atoms with E-state index < -0.39 is 0 Å². The Morgan fingerprint density at radius 1 is 1.27 bits per heavy atom. The van der Waals surface area contributed by atoms with Gasteiger partial charge in [0, 0.05) is 5.22 Å². The molecule has 2 aliphatic rings. The summed E-state index contributed by atoms with van der Waals surface area (Å²) in [4.78, 5) is 0. The summed E-state index contributed by atoms with van der Waals surface area (Å²) >= 11 is 0. The van der Waals surface area contributed by atoms with Crippen LogP contribution in [0, 0.1) is 0 Å². The van der Waals surface area contributed by atoms with Gasteiger partial charge in [-0.1, -0.05) is 18.2 Å². The van der Waals surface area contributed by atoms with Gasteiger partial charge in [0.05, 0.1) is 0 Å². The van der Waals surface area contributed by atoms with Crippen molar-refractivity contribution in [2.45, 2.75) is 6.42 Å². The van der Waals surface area contributed by atoms with Crippen LogP contribution in [0.5, 0.6) is 5.75 Å². The van der Waals surface area contributed by atoms with Gasteiger partial charge in [0.1, 0.15) is 12.4 Å². The minimum absolute atomic E-state index is 0.696. The van der Waals surface area contributed by atoms with E-state index in [4.69, 9.17) is 10.5 Å². The lowest BCUT2D eigenvalue weighted by Crippen LogP contribution is -2.27. The SMILES string of the molecule is NCCC1=c2c(ccc3c2=CCO3)C=C1. The molecule has 0 fully saturated rings. The third kappa shape index (κ3) is 1.22. The summed E-state index contributed by atoms with van der Waals surface area (Å²) in [7, 11) is 0. The first kappa shape index (κ1) is 8.74. The van der Waals surface area contributed by atoms with Crippen LogP contribution in [0.4, 0.5) is 0 Å². The van der Waals surface area contributed by atoms with Gasteiger partial charge in [-0.15, -0.1) is 0 Å². The zero-order valence-corrected chi connectivity index (χ0v) is 8.49. The highest BCUT2D eigenvalue weighted by atomic mass is 16.5.